The summed E-state index contributed by atoms with van der Waals surface area (Å²) < 4.78 is 5.39. The molecule has 0 atom stereocenters. The van der Waals surface area contributed by atoms with Crippen LogP contribution in [0.1, 0.15) is 16.8 Å². The first-order valence-electron chi connectivity index (χ1n) is 7.53. The van der Waals surface area contributed by atoms with Crippen molar-refractivity contribution in [2.24, 2.45) is 0 Å². The van der Waals surface area contributed by atoms with Gasteiger partial charge in [-0.15, -0.1) is 0 Å². The van der Waals surface area contributed by atoms with Crippen molar-refractivity contribution in [3.63, 3.8) is 0 Å². The Hall–Kier alpha value is -2.14. The van der Waals surface area contributed by atoms with E-state index in [9.17, 15) is 5.11 Å². The molecule has 116 valence electrons. The van der Waals surface area contributed by atoms with Gasteiger partial charge in [-0.3, -0.25) is 0 Å². The van der Waals surface area contributed by atoms with E-state index in [1.165, 1.54) is 0 Å². The number of hydrogen-bond donors (Lipinski definition) is 1. The largest absolute Gasteiger partial charge is 0.508 e. The Morgan fingerprint density at radius 1 is 1.00 bits per heavy atom. The number of morpholine rings is 1. The van der Waals surface area contributed by atoms with Gasteiger partial charge in [0.15, 0.2) is 0 Å². The number of ether oxygens (including phenoxy) is 1. The third kappa shape index (κ3) is 2.90. The lowest BCUT2D eigenvalue weighted by Gasteiger charge is -2.27. The van der Waals surface area contributed by atoms with Crippen LogP contribution in [0.3, 0.4) is 0 Å². The number of rotatable bonds is 2. The molecule has 0 amide bonds. The molecule has 2 aromatic rings. The molecule has 0 saturated carbocycles. The van der Waals surface area contributed by atoms with Gasteiger partial charge in [0.2, 0.25) is 5.95 Å². The number of nitrogens with zero attached hydrogens (tertiary/aromatic N) is 3. The number of aromatic nitrogens is 2. The fourth-order valence-electron chi connectivity index (χ4n) is 2.93. The van der Waals surface area contributed by atoms with Gasteiger partial charge in [-0.1, -0.05) is 0 Å². The fraction of sp³-hybridized carbons (Fsp3) is 0.412. The van der Waals surface area contributed by atoms with Crippen LogP contribution in [0.15, 0.2) is 18.2 Å². The Labute approximate surface area is 130 Å². The van der Waals surface area contributed by atoms with Crippen LogP contribution >= 0.6 is 0 Å². The molecule has 0 bridgehead atoms. The van der Waals surface area contributed by atoms with Gasteiger partial charge in [0.25, 0.3) is 0 Å². The predicted octanol–water partition coefficient (Wildman–Crippen LogP) is 2.61. The quantitative estimate of drug-likeness (QED) is 0.923. The van der Waals surface area contributed by atoms with E-state index in [1.54, 1.807) is 12.1 Å². The number of phenolic OH excluding ortho intramolecular Hbond substituents is 1. The zero-order chi connectivity index (χ0) is 15.7. The summed E-state index contributed by atoms with van der Waals surface area (Å²) in [6.07, 6.45) is 0. The summed E-state index contributed by atoms with van der Waals surface area (Å²) in [5.41, 5.74) is 4.95. The number of aryl methyl sites for hydroxylation is 3. The molecule has 1 fully saturated rings. The number of phenols is 1. The van der Waals surface area contributed by atoms with Crippen LogP contribution in [-0.4, -0.2) is 41.4 Å². The minimum atomic E-state index is 0.290. The van der Waals surface area contributed by atoms with Crippen LogP contribution in [0.25, 0.3) is 11.3 Å². The lowest BCUT2D eigenvalue weighted by molar-refractivity contribution is 0.122. The predicted molar refractivity (Wildman–Crippen MR) is 86.4 cm³/mol. The van der Waals surface area contributed by atoms with E-state index in [0.29, 0.717) is 13.2 Å². The van der Waals surface area contributed by atoms with Gasteiger partial charge in [0.05, 0.1) is 18.9 Å². The van der Waals surface area contributed by atoms with Crippen molar-refractivity contribution in [2.45, 2.75) is 20.8 Å². The monoisotopic (exact) mass is 299 g/mol. The summed E-state index contributed by atoms with van der Waals surface area (Å²) in [6.45, 7) is 9.03. The molecule has 5 heteroatoms. The van der Waals surface area contributed by atoms with Crippen molar-refractivity contribution >= 4 is 5.95 Å². The van der Waals surface area contributed by atoms with Crippen molar-refractivity contribution < 1.29 is 9.84 Å². The van der Waals surface area contributed by atoms with Gasteiger partial charge in [0, 0.05) is 24.3 Å². The highest BCUT2D eigenvalue weighted by molar-refractivity contribution is 5.70. The fourth-order valence-corrected chi connectivity index (χ4v) is 2.93. The highest BCUT2D eigenvalue weighted by atomic mass is 16.5. The Morgan fingerprint density at radius 3 is 2.27 bits per heavy atom. The number of hydrogen-bond acceptors (Lipinski definition) is 5. The second-order valence-electron chi connectivity index (χ2n) is 5.75. The lowest BCUT2D eigenvalue weighted by Crippen LogP contribution is -2.37. The second-order valence-corrected chi connectivity index (χ2v) is 5.75. The van der Waals surface area contributed by atoms with Crippen molar-refractivity contribution in [1.29, 1.82) is 0 Å². The van der Waals surface area contributed by atoms with E-state index in [2.05, 4.69) is 9.88 Å². The van der Waals surface area contributed by atoms with Gasteiger partial charge in [-0.25, -0.2) is 9.97 Å². The van der Waals surface area contributed by atoms with Crippen LogP contribution in [-0.2, 0) is 4.74 Å². The molecule has 1 aliphatic rings. The molecule has 3 rings (SSSR count). The van der Waals surface area contributed by atoms with E-state index < -0.39 is 0 Å². The van der Waals surface area contributed by atoms with E-state index in [1.807, 2.05) is 26.8 Å². The molecule has 1 aromatic heterocycles. The smallest absolute Gasteiger partial charge is 0.226 e. The third-order valence-electron chi connectivity index (χ3n) is 3.91. The second kappa shape index (κ2) is 5.93. The average Bonchev–Trinajstić information content (AvgIpc) is 2.46. The van der Waals surface area contributed by atoms with Crippen molar-refractivity contribution in [1.82, 2.24) is 9.97 Å². The third-order valence-corrected chi connectivity index (χ3v) is 3.91. The molecule has 0 radical (unpaired) electrons. The number of benzene rings is 1. The molecule has 2 heterocycles. The number of anilines is 1. The maximum Gasteiger partial charge on any atom is 0.226 e. The SMILES string of the molecule is Cc1cc(-c2c(C)cc(O)cc2C)nc(N2CCOCC2)n1. The summed E-state index contributed by atoms with van der Waals surface area (Å²) in [5, 5.41) is 9.72. The minimum absolute atomic E-state index is 0.290. The summed E-state index contributed by atoms with van der Waals surface area (Å²) in [7, 11) is 0. The van der Waals surface area contributed by atoms with Gasteiger partial charge in [0.1, 0.15) is 5.75 Å². The standard InChI is InChI=1S/C17H21N3O2/c1-11-8-14(21)9-12(2)16(11)15-10-13(3)18-17(19-15)20-4-6-22-7-5-20/h8-10,21H,4-7H2,1-3H3. The maximum absolute atomic E-state index is 9.72. The Bertz CT molecular complexity index is 671. The van der Waals surface area contributed by atoms with Gasteiger partial charge in [-0.2, -0.15) is 0 Å². The minimum Gasteiger partial charge on any atom is -0.508 e. The molecule has 1 aromatic carbocycles. The van der Waals surface area contributed by atoms with E-state index >= 15 is 0 Å². The van der Waals surface area contributed by atoms with Crippen molar-refractivity contribution in [3.05, 3.63) is 35.0 Å². The van der Waals surface area contributed by atoms with Crippen LogP contribution in [0, 0.1) is 20.8 Å². The number of aromatic hydroxyl groups is 1. The Morgan fingerprint density at radius 2 is 1.64 bits per heavy atom. The summed E-state index contributed by atoms with van der Waals surface area (Å²) in [6, 6.07) is 5.54. The van der Waals surface area contributed by atoms with Gasteiger partial charge >= 0.3 is 0 Å². The maximum atomic E-state index is 9.72. The zero-order valence-electron chi connectivity index (χ0n) is 13.3. The van der Waals surface area contributed by atoms with Crippen LogP contribution in [0.4, 0.5) is 5.95 Å². The normalized spacial score (nSPS) is 15.1. The first-order chi connectivity index (χ1) is 10.5. The van der Waals surface area contributed by atoms with E-state index in [-0.39, 0.29) is 5.75 Å². The van der Waals surface area contributed by atoms with Crippen LogP contribution < -0.4 is 4.90 Å². The zero-order valence-corrected chi connectivity index (χ0v) is 13.3. The molecule has 0 spiro atoms. The summed E-state index contributed by atoms with van der Waals surface area (Å²) in [5.74, 6) is 1.04. The molecule has 0 unspecified atom stereocenters. The average molecular weight is 299 g/mol. The van der Waals surface area contributed by atoms with Crippen LogP contribution in [0.5, 0.6) is 5.75 Å². The Balaban J connectivity index is 2.06. The Kier molecular flexibility index (Phi) is 3.98. The topological polar surface area (TPSA) is 58.5 Å². The molecule has 1 N–H and O–H groups in total. The van der Waals surface area contributed by atoms with Crippen molar-refractivity contribution in [3.8, 4) is 17.0 Å². The molecule has 5 nitrogen and oxygen atoms in total. The molecule has 1 aliphatic heterocycles. The molecular weight excluding hydrogens is 278 g/mol. The molecule has 1 saturated heterocycles. The first kappa shape index (κ1) is 14.8. The molecule has 0 aliphatic carbocycles. The van der Waals surface area contributed by atoms with Crippen LogP contribution in [0.2, 0.25) is 0 Å². The van der Waals surface area contributed by atoms with Crippen molar-refractivity contribution in [2.75, 3.05) is 31.2 Å². The van der Waals surface area contributed by atoms with E-state index in [0.717, 1.165) is 47.1 Å². The van der Waals surface area contributed by atoms with Gasteiger partial charge in [-0.05, 0) is 50.1 Å². The summed E-state index contributed by atoms with van der Waals surface area (Å²) >= 11 is 0. The first-order valence-corrected chi connectivity index (χ1v) is 7.53. The van der Waals surface area contributed by atoms with E-state index in [4.69, 9.17) is 9.72 Å². The highest BCUT2D eigenvalue weighted by Gasteiger charge is 2.17. The summed E-state index contributed by atoms with van der Waals surface area (Å²) in [4.78, 5) is 11.5. The van der Waals surface area contributed by atoms with Gasteiger partial charge < -0.3 is 14.7 Å². The lowest BCUT2D eigenvalue weighted by atomic mass is 9.99. The highest BCUT2D eigenvalue weighted by Crippen LogP contribution is 2.30. The molecular formula is C17H21N3O2. The molecule has 22 heavy (non-hydrogen) atoms.